The third kappa shape index (κ3) is 1.90. The highest BCUT2D eigenvalue weighted by Crippen LogP contribution is 2.39. The van der Waals surface area contributed by atoms with Crippen LogP contribution >= 0.6 is 0 Å². The first-order valence-electron chi connectivity index (χ1n) is 5.15. The molecule has 0 heterocycles. The van der Waals surface area contributed by atoms with Gasteiger partial charge in [0.25, 0.3) is 0 Å². The summed E-state index contributed by atoms with van der Waals surface area (Å²) in [5, 5.41) is 0. The van der Waals surface area contributed by atoms with Gasteiger partial charge in [0, 0.05) is 5.57 Å². The zero-order chi connectivity index (χ0) is 11.5. The molecule has 0 unspecified atom stereocenters. The molecular weight excluding hydrogens is 204 g/mol. The second kappa shape index (κ2) is 4.33. The Morgan fingerprint density at radius 1 is 1.31 bits per heavy atom. The van der Waals surface area contributed by atoms with Crippen LogP contribution in [0, 0.1) is 0 Å². The van der Waals surface area contributed by atoms with Gasteiger partial charge in [-0.05, 0) is 36.5 Å². The number of benzene rings is 1. The van der Waals surface area contributed by atoms with Crippen molar-refractivity contribution in [1.29, 1.82) is 0 Å². The minimum Gasteiger partial charge on any atom is -0.465 e. The molecule has 0 atom stereocenters. The monoisotopic (exact) mass is 216 g/mol. The lowest BCUT2D eigenvalue weighted by molar-refractivity contribution is 0.0600. The van der Waals surface area contributed by atoms with Crippen LogP contribution in [0.1, 0.15) is 34.7 Å². The average molecular weight is 216 g/mol. The minimum atomic E-state index is -0.325. The lowest BCUT2D eigenvalue weighted by atomic mass is 9.76. The van der Waals surface area contributed by atoms with E-state index in [9.17, 15) is 9.59 Å². The molecule has 0 bridgehead atoms. The highest BCUT2D eigenvalue weighted by atomic mass is 16.5. The Morgan fingerprint density at radius 3 is 2.44 bits per heavy atom. The minimum absolute atomic E-state index is 0.325. The Kier molecular flexibility index (Phi) is 2.88. The topological polar surface area (TPSA) is 43.4 Å². The number of rotatable bonds is 2. The SMILES string of the molecule is COC(=O)c1ccc(C2CC(=C=O)C2)cc1. The molecule has 3 heteroatoms. The molecule has 1 aromatic carbocycles. The predicted octanol–water partition coefficient (Wildman–Crippen LogP) is 2.11. The smallest absolute Gasteiger partial charge is 0.337 e. The van der Waals surface area contributed by atoms with Crippen LogP contribution < -0.4 is 0 Å². The highest BCUT2D eigenvalue weighted by molar-refractivity contribution is 5.89. The highest BCUT2D eigenvalue weighted by Gasteiger charge is 2.25. The zero-order valence-corrected chi connectivity index (χ0v) is 9.03. The molecular formula is C13H12O3. The van der Waals surface area contributed by atoms with Crippen LogP contribution in [-0.4, -0.2) is 19.0 Å². The van der Waals surface area contributed by atoms with Crippen molar-refractivity contribution in [3.05, 3.63) is 41.0 Å². The Morgan fingerprint density at radius 2 is 1.94 bits per heavy atom. The van der Waals surface area contributed by atoms with E-state index in [2.05, 4.69) is 4.74 Å². The molecule has 0 amide bonds. The number of carbonyl (C=O) groups is 1. The van der Waals surface area contributed by atoms with E-state index in [1.165, 1.54) is 7.11 Å². The fraction of sp³-hybridized carbons (Fsp3) is 0.308. The second-order valence-electron chi connectivity index (χ2n) is 3.92. The van der Waals surface area contributed by atoms with Gasteiger partial charge in [-0.2, -0.15) is 0 Å². The summed E-state index contributed by atoms with van der Waals surface area (Å²) in [6.45, 7) is 0. The van der Waals surface area contributed by atoms with Gasteiger partial charge in [0.2, 0.25) is 0 Å². The van der Waals surface area contributed by atoms with Crippen molar-refractivity contribution in [3.63, 3.8) is 0 Å². The van der Waals surface area contributed by atoms with Crippen LogP contribution in [0.4, 0.5) is 0 Å². The van der Waals surface area contributed by atoms with Gasteiger partial charge in [-0.1, -0.05) is 12.1 Å². The van der Waals surface area contributed by atoms with Gasteiger partial charge in [0.15, 0.2) is 0 Å². The normalized spacial score (nSPS) is 18.6. The fourth-order valence-electron chi connectivity index (χ4n) is 1.86. The van der Waals surface area contributed by atoms with Gasteiger partial charge in [-0.15, -0.1) is 0 Å². The van der Waals surface area contributed by atoms with Gasteiger partial charge in [0.1, 0.15) is 5.94 Å². The molecule has 0 aromatic heterocycles. The molecule has 0 saturated heterocycles. The lowest BCUT2D eigenvalue weighted by Gasteiger charge is -2.26. The van der Waals surface area contributed by atoms with Gasteiger partial charge < -0.3 is 4.74 Å². The number of methoxy groups -OCH3 is 1. The van der Waals surface area contributed by atoms with Crippen LogP contribution in [0.25, 0.3) is 0 Å². The number of hydrogen-bond acceptors (Lipinski definition) is 3. The first-order valence-corrected chi connectivity index (χ1v) is 5.15. The maximum Gasteiger partial charge on any atom is 0.337 e. The first-order chi connectivity index (χ1) is 7.74. The van der Waals surface area contributed by atoms with Crippen molar-refractivity contribution in [2.24, 2.45) is 0 Å². The number of hydrogen-bond donors (Lipinski definition) is 0. The van der Waals surface area contributed by atoms with E-state index >= 15 is 0 Å². The summed E-state index contributed by atoms with van der Waals surface area (Å²) in [6.07, 6.45) is 1.59. The Hall–Kier alpha value is -1.86. The standard InChI is InChI=1S/C13H12O3/c1-16-13(15)11-4-2-10(3-5-11)12-6-9(7-12)8-14/h2-5,12H,6-7H2,1H3. The molecule has 0 radical (unpaired) electrons. The summed E-state index contributed by atoms with van der Waals surface area (Å²) in [6, 6.07) is 7.34. The largest absolute Gasteiger partial charge is 0.465 e. The molecule has 1 aromatic rings. The van der Waals surface area contributed by atoms with Gasteiger partial charge >= 0.3 is 5.97 Å². The summed E-state index contributed by atoms with van der Waals surface area (Å²) in [5.74, 6) is 2.01. The second-order valence-corrected chi connectivity index (χ2v) is 3.92. The molecule has 3 nitrogen and oxygen atoms in total. The molecule has 1 saturated carbocycles. The molecule has 1 aliphatic rings. The van der Waals surface area contributed by atoms with Gasteiger partial charge in [-0.3, -0.25) is 0 Å². The summed E-state index contributed by atoms with van der Waals surface area (Å²) in [4.78, 5) is 21.5. The van der Waals surface area contributed by atoms with Gasteiger partial charge in [0.05, 0.1) is 12.7 Å². The van der Waals surface area contributed by atoms with Crippen LogP contribution in [0.2, 0.25) is 0 Å². The first kappa shape index (κ1) is 10.7. The van der Waals surface area contributed by atoms with E-state index in [0.717, 1.165) is 24.0 Å². The third-order valence-electron chi connectivity index (χ3n) is 2.93. The van der Waals surface area contributed by atoms with Crippen molar-refractivity contribution in [1.82, 2.24) is 0 Å². The van der Waals surface area contributed by atoms with E-state index in [1.807, 2.05) is 18.1 Å². The maximum absolute atomic E-state index is 11.2. The van der Waals surface area contributed by atoms with E-state index in [4.69, 9.17) is 0 Å². The van der Waals surface area contributed by atoms with Crippen LogP contribution in [-0.2, 0) is 9.53 Å². The van der Waals surface area contributed by atoms with Gasteiger partial charge in [-0.25, -0.2) is 9.59 Å². The summed E-state index contributed by atoms with van der Waals surface area (Å²) >= 11 is 0. The lowest BCUT2D eigenvalue weighted by Crippen LogP contribution is -2.13. The van der Waals surface area contributed by atoms with Crippen molar-refractivity contribution >= 4 is 11.9 Å². The zero-order valence-electron chi connectivity index (χ0n) is 9.03. The summed E-state index contributed by atoms with van der Waals surface area (Å²) in [5.41, 5.74) is 2.56. The van der Waals surface area contributed by atoms with Crippen LogP contribution in [0.3, 0.4) is 0 Å². The van der Waals surface area contributed by atoms with E-state index in [0.29, 0.717) is 11.5 Å². The number of allylic oxidation sites excluding steroid dienone is 1. The van der Waals surface area contributed by atoms with Crippen molar-refractivity contribution < 1.29 is 14.3 Å². The number of ether oxygens (including phenoxy) is 1. The van der Waals surface area contributed by atoms with Crippen LogP contribution in [0.5, 0.6) is 0 Å². The molecule has 82 valence electrons. The van der Waals surface area contributed by atoms with E-state index in [1.54, 1.807) is 12.1 Å². The summed E-state index contributed by atoms with van der Waals surface area (Å²) < 4.78 is 4.62. The number of carbonyl (C=O) groups excluding carboxylic acids is 2. The molecule has 0 spiro atoms. The Balaban J connectivity index is 2.09. The van der Waals surface area contributed by atoms with E-state index in [-0.39, 0.29) is 5.97 Å². The number of esters is 1. The molecule has 16 heavy (non-hydrogen) atoms. The maximum atomic E-state index is 11.2. The summed E-state index contributed by atoms with van der Waals surface area (Å²) in [7, 11) is 1.36. The molecule has 1 fully saturated rings. The van der Waals surface area contributed by atoms with Crippen molar-refractivity contribution in [2.75, 3.05) is 7.11 Å². The Labute approximate surface area is 93.7 Å². The molecule has 0 N–H and O–H groups in total. The quantitative estimate of drug-likeness (QED) is 0.561. The third-order valence-corrected chi connectivity index (χ3v) is 2.93. The van der Waals surface area contributed by atoms with Crippen LogP contribution in [0.15, 0.2) is 29.8 Å². The van der Waals surface area contributed by atoms with Crippen molar-refractivity contribution in [2.45, 2.75) is 18.8 Å². The molecule has 2 rings (SSSR count). The Bertz CT molecular complexity index is 445. The average Bonchev–Trinajstić information content (AvgIpc) is 2.27. The fourth-order valence-corrected chi connectivity index (χ4v) is 1.86. The van der Waals surface area contributed by atoms with Crippen molar-refractivity contribution in [3.8, 4) is 0 Å². The molecule has 0 aliphatic heterocycles. The van der Waals surface area contributed by atoms with E-state index < -0.39 is 0 Å². The molecule has 1 aliphatic carbocycles. The predicted molar refractivity (Wildman–Crippen MR) is 59.0 cm³/mol.